The van der Waals surface area contributed by atoms with E-state index in [0.29, 0.717) is 11.7 Å². The van der Waals surface area contributed by atoms with Gasteiger partial charge in [0.15, 0.2) is 5.11 Å². The number of hydrogen-bond donors (Lipinski definition) is 4. The Balaban J connectivity index is 2.09. The maximum atomic E-state index is 11.1. The molecule has 5 nitrogen and oxygen atoms in total. The van der Waals surface area contributed by atoms with Gasteiger partial charge < -0.3 is 20.6 Å². The average molecular weight is 262 g/mol. The van der Waals surface area contributed by atoms with E-state index >= 15 is 0 Å². The van der Waals surface area contributed by atoms with Crippen LogP contribution in [0.4, 0.5) is 5.69 Å². The predicted molar refractivity (Wildman–Crippen MR) is 78.0 cm³/mol. The van der Waals surface area contributed by atoms with Gasteiger partial charge in [0.2, 0.25) is 0 Å². The van der Waals surface area contributed by atoms with Crippen molar-refractivity contribution in [2.45, 2.75) is 6.92 Å². The molecule has 2 rings (SSSR count). The second-order valence-electron chi connectivity index (χ2n) is 4.10. The first-order chi connectivity index (χ1) is 8.54. The number of H-pyrrole nitrogens is 2. The minimum absolute atomic E-state index is 0.217. The average Bonchev–Trinajstić information content (AvgIpc) is 2.66. The summed E-state index contributed by atoms with van der Waals surface area (Å²) in [5.74, 6) is 0. The van der Waals surface area contributed by atoms with E-state index in [1.807, 2.05) is 25.1 Å². The van der Waals surface area contributed by atoms with Gasteiger partial charge in [0, 0.05) is 12.2 Å². The van der Waals surface area contributed by atoms with Gasteiger partial charge in [-0.05, 0) is 37.3 Å². The van der Waals surface area contributed by atoms with Crippen molar-refractivity contribution in [3.63, 3.8) is 0 Å². The van der Waals surface area contributed by atoms with E-state index in [9.17, 15) is 4.79 Å². The third-order valence-electron chi connectivity index (χ3n) is 2.32. The van der Waals surface area contributed by atoms with E-state index in [2.05, 4.69) is 27.2 Å². The lowest BCUT2D eigenvalue weighted by atomic mass is 10.3. The van der Waals surface area contributed by atoms with Gasteiger partial charge in [-0.1, -0.05) is 12.2 Å². The van der Waals surface area contributed by atoms with Gasteiger partial charge in [0.25, 0.3) is 0 Å². The molecule has 94 valence electrons. The fraction of sp³-hybridized carbons (Fsp3) is 0.167. The van der Waals surface area contributed by atoms with Crippen molar-refractivity contribution in [3.05, 3.63) is 40.8 Å². The van der Waals surface area contributed by atoms with Gasteiger partial charge in [-0.3, -0.25) is 0 Å². The molecule has 0 saturated heterocycles. The molecule has 0 spiro atoms. The summed E-state index contributed by atoms with van der Waals surface area (Å²) in [6.45, 7) is 6.34. The molecule has 0 aliphatic rings. The molecule has 1 aromatic carbocycles. The van der Waals surface area contributed by atoms with Gasteiger partial charge in [-0.15, -0.1) is 0 Å². The molecule has 0 fully saturated rings. The summed E-state index contributed by atoms with van der Waals surface area (Å²) in [6.07, 6.45) is 0. The van der Waals surface area contributed by atoms with Gasteiger partial charge in [-0.25, -0.2) is 4.79 Å². The molecule has 1 aromatic heterocycles. The zero-order valence-electron chi connectivity index (χ0n) is 9.96. The molecule has 0 bridgehead atoms. The minimum atomic E-state index is -0.217. The van der Waals surface area contributed by atoms with Crippen molar-refractivity contribution in [2.75, 3.05) is 11.9 Å². The molecule has 0 amide bonds. The number of benzene rings is 1. The standard InChI is InChI=1S/C12H14N4OS/c1-7(2)6-13-12(18)14-8-3-4-9-10(5-8)16-11(17)15-9/h3-5H,1,6H2,2H3,(H2,13,14,18)(H2,15,16,17). The lowest BCUT2D eigenvalue weighted by molar-refractivity contribution is 1.000. The number of thiocarbonyl (C=S) groups is 1. The summed E-state index contributed by atoms with van der Waals surface area (Å²) in [6, 6.07) is 5.49. The Morgan fingerprint density at radius 1 is 1.39 bits per heavy atom. The van der Waals surface area contributed by atoms with Crippen LogP contribution in [0, 0.1) is 0 Å². The van der Waals surface area contributed by atoms with Crippen LogP contribution in [0.15, 0.2) is 35.1 Å². The zero-order valence-corrected chi connectivity index (χ0v) is 10.8. The molecule has 0 aliphatic heterocycles. The number of imidazole rings is 1. The summed E-state index contributed by atoms with van der Waals surface area (Å²) < 4.78 is 0. The zero-order chi connectivity index (χ0) is 13.1. The minimum Gasteiger partial charge on any atom is -0.359 e. The molecular formula is C12H14N4OS. The molecule has 0 radical (unpaired) electrons. The monoisotopic (exact) mass is 262 g/mol. The molecule has 4 N–H and O–H groups in total. The third-order valence-corrected chi connectivity index (χ3v) is 2.57. The summed E-state index contributed by atoms with van der Waals surface area (Å²) in [4.78, 5) is 16.5. The Morgan fingerprint density at radius 2 is 2.11 bits per heavy atom. The molecule has 0 unspecified atom stereocenters. The van der Waals surface area contributed by atoms with E-state index < -0.39 is 0 Å². The first kappa shape index (κ1) is 12.4. The SMILES string of the molecule is C=C(C)CNC(=S)Nc1ccc2[nH]c(=O)[nH]c2c1. The molecular weight excluding hydrogens is 248 g/mol. The number of nitrogens with one attached hydrogen (secondary N) is 4. The number of fused-ring (bicyclic) bond motifs is 1. The Morgan fingerprint density at radius 3 is 2.83 bits per heavy atom. The Bertz CT molecular complexity index is 655. The molecule has 6 heteroatoms. The summed E-state index contributed by atoms with van der Waals surface area (Å²) in [5.41, 5.74) is 3.12. The number of anilines is 1. The molecule has 1 heterocycles. The highest BCUT2D eigenvalue weighted by molar-refractivity contribution is 7.80. The van der Waals surface area contributed by atoms with Crippen molar-refractivity contribution >= 4 is 34.1 Å². The van der Waals surface area contributed by atoms with Crippen molar-refractivity contribution in [3.8, 4) is 0 Å². The first-order valence-electron chi connectivity index (χ1n) is 5.46. The number of aromatic amines is 2. The topological polar surface area (TPSA) is 72.7 Å². The van der Waals surface area contributed by atoms with E-state index in [4.69, 9.17) is 12.2 Å². The molecule has 18 heavy (non-hydrogen) atoms. The van der Waals surface area contributed by atoms with Gasteiger partial charge in [0.05, 0.1) is 11.0 Å². The largest absolute Gasteiger partial charge is 0.359 e. The normalized spacial score (nSPS) is 10.3. The Hall–Kier alpha value is -2.08. The maximum Gasteiger partial charge on any atom is 0.323 e. The summed E-state index contributed by atoms with van der Waals surface area (Å²) in [7, 11) is 0. The van der Waals surface area contributed by atoms with Gasteiger partial charge in [0.1, 0.15) is 0 Å². The lowest BCUT2D eigenvalue weighted by Crippen LogP contribution is -2.29. The van der Waals surface area contributed by atoms with Crippen LogP contribution >= 0.6 is 12.2 Å². The van der Waals surface area contributed by atoms with E-state index in [0.717, 1.165) is 22.3 Å². The van der Waals surface area contributed by atoms with Crippen molar-refractivity contribution in [1.29, 1.82) is 0 Å². The van der Waals surface area contributed by atoms with Gasteiger partial charge >= 0.3 is 5.69 Å². The van der Waals surface area contributed by atoms with E-state index in [1.165, 1.54) is 0 Å². The van der Waals surface area contributed by atoms with Crippen LogP contribution < -0.4 is 16.3 Å². The number of aromatic nitrogens is 2. The molecule has 2 aromatic rings. The highest BCUT2D eigenvalue weighted by atomic mass is 32.1. The van der Waals surface area contributed by atoms with Crippen LogP contribution in [0.1, 0.15) is 6.92 Å². The van der Waals surface area contributed by atoms with Gasteiger partial charge in [-0.2, -0.15) is 0 Å². The third kappa shape index (κ3) is 2.98. The second kappa shape index (κ2) is 5.05. The van der Waals surface area contributed by atoms with E-state index in [-0.39, 0.29) is 5.69 Å². The molecule has 0 atom stereocenters. The second-order valence-corrected chi connectivity index (χ2v) is 4.51. The molecule has 0 saturated carbocycles. The fourth-order valence-corrected chi connectivity index (χ4v) is 1.71. The summed E-state index contributed by atoms with van der Waals surface area (Å²) in [5, 5.41) is 6.59. The number of rotatable bonds is 3. The van der Waals surface area contributed by atoms with Crippen molar-refractivity contribution < 1.29 is 0 Å². The van der Waals surface area contributed by atoms with Crippen LogP contribution in [-0.2, 0) is 0 Å². The maximum absolute atomic E-state index is 11.1. The highest BCUT2D eigenvalue weighted by Crippen LogP contribution is 2.14. The Kier molecular flexibility index (Phi) is 3.47. The first-order valence-corrected chi connectivity index (χ1v) is 5.87. The van der Waals surface area contributed by atoms with Crippen LogP contribution in [0.3, 0.4) is 0 Å². The van der Waals surface area contributed by atoms with Crippen LogP contribution in [-0.4, -0.2) is 21.6 Å². The quantitative estimate of drug-likeness (QED) is 0.502. The lowest BCUT2D eigenvalue weighted by Gasteiger charge is -2.10. The van der Waals surface area contributed by atoms with Crippen LogP contribution in [0.25, 0.3) is 11.0 Å². The smallest absolute Gasteiger partial charge is 0.323 e. The van der Waals surface area contributed by atoms with Crippen LogP contribution in [0.2, 0.25) is 0 Å². The Labute approximate surface area is 109 Å². The number of hydrogen-bond acceptors (Lipinski definition) is 2. The fourth-order valence-electron chi connectivity index (χ4n) is 1.52. The van der Waals surface area contributed by atoms with Crippen molar-refractivity contribution in [2.24, 2.45) is 0 Å². The van der Waals surface area contributed by atoms with Crippen molar-refractivity contribution in [1.82, 2.24) is 15.3 Å². The van der Waals surface area contributed by atoms with Crippen LogP contribution in [0.5, 0.6) is 0 Å². The van der Waals surface area contributed by atoms with E-state index in [1.54, 1.807) is 0 Å². The highest BCUT2D eigenvalue weighted by Gasteiger charge is 2.01. The molecule has 0 aliphatic carbocycles. The predicted octanol–water partition coefficient (Wildman–Crippen LogP) is 1.72. The summed E-state index contributed by atoms with van der Waals surface area (Å²) >= 11 is 5.14.